The number of rotatable bonds is 4. The van der Waals surface area contributed by atoms with Crippen molar-refractivity contribution in [3.05, 3.63) is 50.5 Å². The van der Waals surface area contributed by atoms with Crippen molar-refractivity contribution in [1.82, 2.24) is 0 Å². The van der Waals surface area contributed by atoms with Gasteiger partial charge in [0.15, 0.2) is 11.6 Å². The number of anilines is 1. The highest BCUT2D eigenvalue weighted by Crippen LogP contribution is 2.37. The predicted molar refractivity (Wildman–Crippen MR) is 84.8 cm³/mol. The molecular formula is C15H15FN2O4S. The summed E-state index contributed by atoms with van der Waals surface area (Å²) in [7, 11) is 1.34. The second kappa shape index (κ2) is 6.51. The third-order valence-electron chi connectivity index (χ3n) is 3.71. The van der Waals surface area contributed by atoms with Gasteiger partial charge in [-0.15, -0.1) is 11.3 Å². The molecule has 2 aromatic rings. The van der Waals surface area contributed by atoms with Gasteiger partial charge >= 0.3 is 0 Å². The van der Waals surface area contributed by atoms with Crippen LogP contribution in [0.15, 0.2) is 29.6 Å². The van der Waals surface area contributed by atoms with Gasteiger partial charge in [0.2, 0.25) is 0 Å². The number of nitro benzene ring substituents is 1. The van der Waals surface area contributed by atoms with E-state index in [-0.39, 0.29) is 17.5 Å². The SMILES string of the molecule is COc1cc(N2CCOC(c3cccs3)C2)c([N+](=O)[O-])cc1F. The zero-order valence-electron chi connectivity index (χ0n) is 12.4. The smallest absolute Gasteiger partial charge is 0.295 e. The van der Waals surface area contributed by atoms with Gasteiger partial charge in [0.1, 0.15) is 11.8 Å². The summed E-state index contributed by atoms with van der Waals surface area (Å²) in [4.78, 5) is 13.6. The number of hydrogen-bond acceptors (Lipinski definition) is 6. The standard InChI is InChI=1S/C15H15FN2O4S/c1-21-13-8-11(12(18(19)20)7-10(13)16)17-4-5-22-14(9-17)15-3-2-6-23-15/h2-3,6-8,14H,4-5,9H2,1H3. The molecule has 0 amide bonds. The lowest BCUT2D eigenvalue weighted by atomic mass is 10.1. The third kappa shape index (κ3) is 3.13. The summed E-state index contributed by atoms with van der Waals surface area (Å²) in [5.41, 5.74) is 0.0771. The van der Waals surface area contributed by atoms with Crippen LogP contribution in [0.5, 0.6) is 5.75 Å². The van der Waals surface area contributed by atoms with Crippen LogP contribution >= 0.6 is 11.3 Å². The van der Waals surface area contributed by atoms with Gasteiger partial charge in [-0.3, -0.25) is 10.1 Å². The Morgan fingerprint density at radius 3 is 3.00 bits per heavy atom. The fraction of sp³-hybridized carbons (Fsp3) is 0.333. The molecule has 1 aromatic heterocycles. The van der Waals surface area contributed by atoms with Gasteiger partial charge in [-0.2, -0.15) is 0 Å². The van der Waals surface area contributed by atoms with Crippen LogP contribution in [0, 0.1) is 15.9 Å². The van der Waals surface area contributed by atoms with E-state index in [1.54, 1.807) is 11.3 Å². The van der Waals surface area contributed by atoms with Gasteiger partial charge in [-0.25, -0.2) is 4.39 Å². The van der Waals surface area contributed by atoms with E-state index in [9.17, 15) is 14.5 Å². The van der Waals surface area contributed by atoms with Crippen LogP contribution in [0.3, 0.4) is 0 Å². The number of thiophene rings is 1. The second-order valence-electron chi connectivity index (χ2n) is 5.05. The Labute approximate surface area is 136 Å². The Morgan fingerprint density at radius 2 is 2.35 bits per heavy atom. The number of ether oxygens (including phenoxy) is 2. The number of methoxy groups -OCH3 is 1. The van der Waals surface area contributed by atoms with E-state index in [4.69, 9.17) is 9.47 Å². The summed E-state index contributed by atoms with van der Waals surface area (Å²) in [5, 5.41) is 13.2. The van der Waals surface area contributed by atoms with Crippen molar-refractivity contribution >= 4 is 22.7 Å². The molecular weight excluding hydrogens is 323 g/mol. The lowest BCUT2D eigenvalue weighted by molar-refractivity contribution is -0.384. The monoisotopic (exact) mass is 338 g/mol. The number of halogens is 1. The van der Waals surface area contributed by atoms with Gasteiger partial charge in [0.25, 0.3) is 5.69 Å². The van der Waals surface area contributed by atoms with E-state index in [1.165, 1.54) is 13.2 Å². The van der Waals surface area contributed by atoms with Gasteiger partial charge in [0.05, 0.1) is 24.7 Å². The molecule has 122 valence electrons. The topological polar surface area (TPSA) is 64.8 Å². The van der Waals surface area contributed by atoms with Crippen LogP contribution in [-0.4, -0.2) is 31.7 Å². The molecule has 3 rings (SSSR count). The maximum absolute atomic E-state index is 13.8. The molecule has 0 bridgehead atoms. The number of benzene rings is 1. The Bertz CT molecular complexity index is 708. The molecule has 0 N–H and O–H groups in total. The average molecular weight is 338 g/mol. The third-order valence-corrected chi connectivity index (χ3v) is 4.68. The van der Waals surface area contributed by atoms with Crippen molar-refractivity contribution in [1.29, 1.82) is 0 Å². The van der Waals surface area contributed by atoms with Crippen LogP contribution in [0.2, 0.25) is 0 Å². The Kier molecular flexibility index (Phi) is 4.44. The van der Waals surface area contributed by atoms with Gasteiger partial charge in [0, 0.05) is 24.0 Å². The van der Waals surface area contributed by atoms with Crippen molar-refractivity contribution in [3.63, 3.8) is 0 Å². The minimum atomic E-state index is -0.744. The largest absolute Gasteiger partial charge is 0.494 e. The normalized spacial score (nSPS) is 18.0. The molecule has 1 unspecified atom stereocenters. The molecule has 8 heteroatoms. The number of morpholine rings is 1. The first-order valence-corrected chi connectivity index (χ1v) is 7.90. The van der Waals surface area contributed by atoms with Crippen LogP contribution in [0.1, 0.15) is 11.0 Å². The average Bonchev–Trinajstić information content (AvgIpc) is 3.09. The summed E-state index contributed by atoms with van der Waals surface area (Å²) in [6, 6.07) is 6.19. The molecule has 0 saturated carbocycles. The summed E-state index contributed by atoms with van der Waals surface area (Å²) in [6.07, 6.45) is -0.153. The van der Waals surface area contributed by atoms with Crippen molar-refractivity contribution in [2.45, 2.75) is 6.10 Å². The Hall–Kier alpha value is -2.19. The van der Waals surface area contributed by atoms with E-state index in [0.717, 1.165) is 10.9 Å². The summed E-state index contributed by atoms with van der Waals surface area (Å²) < 4.78 is 24.5. The summed E-state index contributed by atoms with van der Waals surface area (Å²) in [6.45, 7) is 1.41. The highest BCUT2D eigenvalue weighted by molar-refractivity contribution is 7.10. The zero-order valence-corrected chi connectivity index (χ0v) is 13.2. The van der Waals surface area contributed by atoms with E-state index in [0.29, 0.717) is 25.4 Å². The minimum Gasteiger partial charge on any atom is -0.494 e. The van der Waals surface area contributed by atoms with Gasteiger partial charge < -0.3 is 14.4 Å². The summed E-state index contributed by atoms with van der Waals surface area (Å²) in [5.74, 6) is -0.754. The maximum Gasteiger partial charge on any atom is 0.295 e. The van der Waals surface area contributed by atoms with Crippen molar-refractivity contribution in [2.24, 2.45) is 0 Å². The first-order chi connectivity index (χ1) is 11.1. The van der Waals surface area contributed by atoms with Crippen LogP contribution in [0.25, 0.3) is 0 Å². The molecule has 1 aliphatic heterocycles. The quantitative estimate of drug-likeness (QED) is 0.632. The predicted octanol–water partition coefficient (Wildman–Crippen LogP) is 3.38. The fourth-order valence-electron chi connectivity index (χ4n) is 2.60. The molecule has 0 radical (unpaired) electrons. The zero-order chi connectivity index (χ0) is 16.4. The van der Waals surface area contributed by atoms with Crippen molar-refractivity contribution in [3.8, 4) is 5.75 Å². The van der Waals surface area contributed by atoms with E-state index < -0.39 is 10.7 Å². The Balaban J connectivity index is 1.95. The second-order valence-corrected chi connectivity index (χ2v) is 6.03. The van der Waals surface area contributed by atoms with E-state index >= 15 is 0 Å². The van der Waals surface area contributed by atoms with E-state index in [1.807, 2.05) is 22.4 Å². The lowest BCUT2D eigenvalue weighted by Crippen LogP contribution is -2.38. The van der Waals surface area contributed by atoms with Crippen molar-refractivity contribution < 1.29 is 18.8 Å². The number of nitrogens with zero attached hydrogens (tertiary/aromatic N) is 2. The maximum atomic E-state index is 13.8. The molecule has 23 heavy (non-hydrogen) atoms. The van der Waals surface area contributed by atoms with Gasteiger partial charge in [-0.05, 0) is 11.4 Å². The molecule has 0 aliphatic carbocycles. The molecule has 1 aromatic carbocycles. The highest BCUT2D eigenvalue weighted by Gasteiger charge is 2.29. The van der Waals surface area contributed by atoms with Crippen LogP contribution in [-0.2, 0) is 4.74 Å². The molecule has 2 heterocycles. The first-order valence-electron chi connectivity index (χ1n) is 7.02. The minimum absolute atomic E-state index is 0.00948. The summed E-state index contributed by atoms with van der Waals surface area (Å²) >= 11 is 1.58. The number of hydrogen-bond donors (Lipinski definition) is 0. The van der Waals surface area contributed by atoms with Crippen LogP contribution < -0.4 is 9.64 Å². The molecule has 6 nitrogen and oxygen atoms in total. The Morgan fingerprint density at radius 1 is 1.52 bits per heavy atom. The molecule has 1 saturated heterocycles. The first kappa shape index (κ1) is 15.7. The van der Waals surface area contributed by atoms with Crippen LogP contribution in [0.4, 0.5) is 15.8 Å². The van der Waals surface area contributed by atoms with E-state index in [2.05, 4.69) is 0 Å². The van der Waals surface area contributed by atoms with Crippen molar-refractivity contribution in [2.75, 3.05) is 31.7 Å². The molecule has 1 aliphatic rings. The fourth-order valence-corrected chi connectivity index (χ4v) is 3.37. The molecule has 1 fully saturated rings. The molecule has 1 atom stereocenters. The lowest BCUT2D eigenvalue weighted by Gasteiger charge is -2.33. The highest BCUT2D eigenvalue weighted by atomic mass is 32.1. The molecule has 0 spiro atoms. The van der Waals surface area contributed by atoms with Gasteiger partial charge in [-0.1, -0.05) is 6.07 Å². The number of nitro groups is 1.